The van der Waals surface area contributed by atoms with Crippen LogP contribution in [0.5, 0.6) is 0 Å². The van der Waals surface area contributed by atoms with Gasteiger partial charge in [0.2, 0.25) is 0 Å². The van der Waals surface area contributed by atoms with Crippen LogP contribution in [0.15, 0.2) is 28.7 Å². The van der Waals surface area contributed by atoms with Crippen molar-refractivity contribution < 1.29 is 4.79 Å². The van der Waals surface area contributed by atoms with E-state index in [0.29, 0.717) is 30.0 Å². The Kier molecular flexibility index (Phi) is 4.73. The lowest BCUT2D eigenvalue weighted by molar-refractivity contribution is 0.112. The minimum absolute atomic E-state index is 0.182. The van der Waals surface area contributed by atoms with Crippen molar-refractivity contribution in [1.29, 1.82) is 0 Å². The maximum Gasteiger partial charge on any atom is 0.156 e. The zero-order valence-electron chi connectivity index (χ0n) is 11.1. The van der Waals surface area contributed by atoms with Crippen LogP contribution in [0.2, 0.25) is 5.15 Å². The molecule has 1 heterocycles. The van der Waals surface area contributed by atoms with Gasteiger partial charge in [0, 0.05) is 18.1 Å². The highest BCUT2D eigenvalue weighted by Crippen LogP contribution is 2.25. The molecule has 0 fully saturated rings. The zero-order valence-corrected chi connectivity index (χ0v) is 13.4. The maximum atomic E-state index is 11.2. The molecular weight excluding hydrogens is 342 g/mol. The van der Waals surface area contributed by atoms with E-state index in [2.05, 4.69) is 25.9 Å². The minimum Gasteiger partial charge on any atom is -0.355 e. The summed E-state index contributed by atoms with van der Waals surface area (Å²) in [7, 11) is 1.87. The molecule has 1 aromatic carbocycles. The van der Waals surface area contributed by atoms with Crippen LogP contribution < -0.4 is 4.90 Å². The molecule has 0 spiro atoms. The predicted molar refractivity (Wildman–Crippen MR) is 83.4 cm³/mol. The summed E-state index contributed by atoms with van der Waals surface area (Å²) >= 11 is 9.50. The standard InChI is InChI=1S/C14H13BrClN3O/c1-9-17-13(16)11(8-20)14(18-9)19(2)7-10-5-3-4-6-12(10)15/h3-6,8H,7H2,1-2H3. The highest BCUT2D eigenvalue weighted by atomic mass is 79.9. The van der Waals surface area contributed by atoms with E-state index in [9.17, 15) is 4.79 Å². The Morgan fingerprint density at radius 1 is 1.35 bits per heavy atom. The molecule has 0 N–H and O–H groups in total. The van der Waals surface area contributed by atoms with Crippen molar-refractivity contribution >= 4 is 39.6 Å². The number of nitrogens with zero attached hydrogens (tertiary/aromatic N) is 3. The molecule has 2 aromatic rings. The quantitative estimate of drug-likeness (QED) is 0.621. The van der Waals surface area contributed by atoms with Crippen molar-refractivity contribution in [2.75, 3.05) is 11.9 Å². The van der Waals surface area contributed by atoms with Gasteiger partial charge in [0.1, 0.15) is 16.8 Å². The average Bonchev–Trinajstić information content (AvgIpc) is 2.40. The molecule has 104 valence electrons. The van der Waals surface area contributed by atoms with Gasteiger partial charge in [-0.2, -0.15) is 0 Å². The Hall–Kier alpha value is -1.46. The lowest BCUT2D eigenvalue weighted by Crippen LogP contribution is -2.20. The summed E-state index contributed by atoms with van der Waals surface area (Å²) < 4.78 is 1.01. The van der Waals surface area contributed by atoms with Gasteiger partial charge in [0.05, 0.1) is 5.56 Å². The number of hydrogen-bond donors (Lipinski definition) is 0. The normalized spacial score (nSPS) is 10.4. The third-order valence-electron chi connectivity index (χ3n) is 2.84. The molecule has 0 bridgehead atoms. The molecule has 0 radical (unpaired) electrons. The number of hydrogen-bond acceptors (Lipinski definition) is 4. The summed E-state index contributed by atoms with van der Waals surface area (Å²) in [6.45, 7) is 2.35. The number of rotatable bonds is 4. The Labute approximate surface area is 130 Å². The first-order valence-corrected chi connectivity index (χ1v) is 7.14. The predicted octanol–water partition coefficient (Wildman–Crippen LogP) is 3.65. The Morgan fingerprint density at radius 2 is 2.05 bits per heavy atom. The van der Waals surface area contributed by atoms with E-state index in [4.69, 9.17) is 11.6 Å². The van der Waals surface area contributed by atoms with E-state index in [1.807, 2.05) is 36.2 Å². The largest absolute Gasteiger partial charge is 0.355 e. The summed E-state index contributed by atoms with van der Waals surface area (Å²) in [6.07, 6.45) is 0.688. The molecule has 0 saturated carbocycles. The van der Waals surface area contributed by atoms with Crippen molar-refractivity contribution in [3.8, 4) is 0 Å². The van der Waals surface area contributed by atoms with Crippen molar-refractivity contribution in [2.24, 2.45) is 0 Å². The third-order valence-corrected chi connectivity index (χ3v) is 3.90. The number of carbonyl (C=O) groups excluding carboxylic acids is 1. The van der Waals surface area contributed by atoms with E-state index in [0.717, 1.165) is 10.0 Å². The Balaban J connectivity index is 2.36. The molecule has 0 unspecified atom stereocenters. The molecule has 4 nitrogen and oxygen atoms in total. The molecule has 1 aromatic heterocycles. The Morgan fingerprint density at radius 3 is 2.70 bits per heavy atom. The number of aromatic nitrogens is 2. The van der Waals surface area contributed by atoms with Crippen LogP contribution >= 0.6 is 27.5 Å². The fourth-order valence-electron chi connectivity index (χ4n) is 1.88. The van der Waals surface area contributed by atoms with Crippen LogP contribution in [0.3, 0.4) is 0 Å². The van der Waals surface area contributed by atoms with Gasteiger partial charge in [0.15, 0.2) is 6.29 Å². The minimum atomic E-state index is 0.182. The van der Waals surface area contributed by atoms with Gasteiger partial charge < -0.3 is 4.90 Å². The molecular formula is C14H13BrClN3O. The summed E-state index contributed by atoms with van der Waals surface area (Å²) in [5.74, 6) is 1.07. The second-order valence-corrected chi connectivity index (χ2v) is 5.58. The van der Waals surface area contributed by atoms with Crippen LogP contribution in [0.25, 0.3) is 0 Å². The maximum absolute atomic E-state index is 11.2. The van der Waals surface area contributed by atoms with Gasteiger partial charge in [-0.3, -0.25) is 4.79 Å². The highest BCUT2D eigenvalue weighted by Gasteiger charge is 2.15. The van der Waals surface area contributed by atoms with Gasteiger partial charge in [-0.15, -0.1) is 0 Å². The molecule has 0 aliphatic carbocycles. The molecule has 20 heavy (non-hydrogen) atoms. The summed E-state index contributed by atoms with van der Waals surface area (Å²) in [4.78, 5) is 21.4. The van der Waals surface area contributed by atoms with Crippen LogP contribution in [0.4, 0.5) is 5.82 Å². The fourth-order valence-corrected chi connectivity index (χ4v) is 2.54. The molecule has 0 aliphatic heterocycles. The average molecular weight is 355 g/mol. The first kappa shape index (κ1) is 14.9. The monoisotopic (exact) mass is 353 g/mol. The summed E-state index contributed by atoms with van der Waals surface area (Å²) in [5, 5.41) is 0.182. The van der Waals surface area contributed by atoms with E-state index in [-0.39, 0.29) is 5.15 Å². The third kappa shape index (κ3) is 3.16. The molecule has 0 amide bonds. The van der Waals surface area contributed by atoms with Crippen LogP contribution in [-0.4, -0.2) is 23.3 Å². The summed E-state index contributed by atoms with van der Waals surface area (Å²) in [6, 6.07) is 7.90. The van der Waals surface area contributed by atoms with Crippen molar-refractivity contribution in [3.63, 3.8) is 0 Å². The smallest absolute Gasteiger partial charge is 0.156 e. The van der Waals surface area contributed by atoms with Crippen molar-refractivity contribution in [2.45, 2.75) is 13.5 Å². The van der Waals surface area contributed by atoms with E-state index in [1.165, 1.54) is 0 Å². The van der Waals surface area contributed by atoms with E-state index < -0.39 is 0 Å². The van der Waals surface area contributed by atoms with Crippen molar-refractivity contribution in [1.82, 2.24) is 9.97 Å². The zero-order chi connectivity index (χ0) is 14.7. The second-order valence-electron chi connectivity index (χ2n) is 4.36. The van der Waals surface area contributed by atoms with E-state index in [1.54, 1.807) is 6.92 Å². The molecule has 0 saturated heterocycles. The first-order valence-electron chi connectivity index (χ1n) is 5.96. The fraction of sp³-hybridized carbons (Fsp3) is 0.214. The van der Waals surface area contributed by atoms with Crippen LogP contribution in [0, 0.1) is 6.92 Å². The van der Waals surface area contributed by atoms with Crippen LogP contribution in [-0.2, 0) is 6.54 Å². The van der Waals surface area contributed by atoms with Crippen molar-refractivity contribution in [3.05, 3.63) is 50.8 Å². The first-order chi connectivity index (χ1) is 9.52. The molecule has 2 rings (SSSR count). The van der Waals surface area contributed by atoms with Gasteiger partial charge in [-0.25, -0.2) is 9.97 Å². The van der Waals surface area contributed by atoms with Gasteiger partial charge in [-0.05, 0) is 18.6 Å². The molecule has 0 aliphatic rings. The lowest BCUT2D eigenvalue weighted by Gasteiger charge is -2.21. The SMILES string of the molecule is Cc1nc(Cl)c(C=O)c(N(C)Cc2ccccc2Br)n1. The van der Waals surface area contributed by atoms with Gasteiger partial charge >= 0.3 is 0 Å². The van der Waals surface area contributed by atoms with Gasteiger partial charge in [-0.1, -0.05) is 45.7 Å². The second kappa shape index (κ2) is 6.33. The molecule has 6 heteroatoms. The Bertz CT molecular complexity index is 648. The number of aryl methyl sites for hydroxylation is 1. The highest BCUT2D eigenvalue weighted by molar-refractivity contribution is 9.10. The number of anilines is 1. The number of carbonyl (C=O) groups is 1. The lowest BCUT2D eigenvalue weighted by atomic mass is 10.2. The molecule has 0 atom stereocenters. The summed E-state index contributed by atoms with van der Waals surface area (Å²) in [5.41, 5.74) is 1.41. The van der Waals surface area contributed by atoms with E-state index >= 15 is 0 Å². The topological polar surface area (TPSA) is 46.1 Å². The number of benzene rings is 1. The van der Waals surface area contributed by atoms with Crippen LogP contribution in [0.1, 0.15) is 21.7 Å². The number of aldehydes is 1. The number of halogens is 2. The van der Waals surface area contributed by atoms with Gasteiger partial charge in [0.25, 0.3) is 0 Å².